The van der Waals surface area contributed by atoms with Crippen LogP contribution in [0.4, 0.5) is 8.78 Å². The Balaban J connectivity index is 2.91. The third kappa shape index (κ3) is 2.11. The minimum absolute atomic E-state index is 0.218. The second-order valence-electron chi connectivity index (χ2n) is 1.77. The summed E-state index contributed by atoms with van der Waals surface area (Å²) in [4.78, 5) is 7.35. The van der Waals surface area contributed by atoms with Gasteiger partial charge >= 0.3 is 0 Å². The quantitative estimate of drug-likeness (QED) is 0.510. The van der Waals surface area contributed by atoms with E-state index in [0.717, 1.165) is 0 Å². The predicted molar refractivity (Wildman–Crippen MR) is 38.8 cm³/mol. The van der Waals surface area contributed by atoms with Crippen LogP contribution in [0.15, 0.2) is 17.4 Å². The highest BCUT2D eigenvalue weighted by molar-refractivity contribution is 7.98. The summed E-state index contributed by atoms with van der Waals surface area (Å²) in [7, 11) is 0. The van der Waals surface area contributed by atoms with Crippen molar-refractivity contribution in [2.75, 3.05) is 6.26 Å². The van der Waals surface area contributed by atoms with Gasteiger partial charge in [0.2, 0.25) is 0 Å². The Labute approximate surface area is 67.1 Å². The van der Waals surface area contributed by atoms with Crippen LogP contribution in [-0.4, -0.2) is 16.2 Å². The lowest BCUT2D eigenvalue weighted by molar-refractivity contribution is 0.145. The second-order valence-corrected chi connectivity index (χ2v) is 2.54. The zero-order chi connectivity index (χ0) is 8.27. The van der Waals surface area contributed by atoms with Crippen LogP contribution in [0.25, 0.3) is 0 Å². The van der Waals surface area contributed by atoms with Gasteiger partial charge in [-0.3, -0.25) is 0 Å². The molecule has 0 aliphatic carbocycles. The van der Waals surface area contributed by atoms with Crippen molar-refractivity contribution in [2.24, 2.45) is 0 Å². The van der Waals surface area contributed by atoms with Crippen LogP contribution in [0.2, 0.25) is 0 Å². The van der Waals surface area contributed by atoms with Crippen LogP contribution in [0.5, 0.6) is 0 Å². The first-order valence-corrected chi connectivity index (χ1v) is 4.11. The smallest absolute Gasteiger partial charge is 0.231 e. The molecule has 0 saturated carbocycles. The molecule has 0 bridgehead atoms. The number of alkyl halides is 2. The van der Waals surface area contributed by atoms with Crippen molar-refractivity contribution in [3.63, 3.8) is 0 Å². The van der Waals surface area contributed by atoms with E-state index in [4.69, 9.17) is 0 Å². The van der Waals surface area contributed by atoms with Gasteiger partial charge in [0.05, 0.1) is 0 Å². The molecule has 5 heteroatoms. The second kappa shape index (κ2) is 3.61. The Morgan fingerprint density at radius 1 is 1.55 bits per heavy atom. The van der Waals surface area contributed by atoms with Crippen LogP contribution in [0.1, 0.15) is 12.1 Å². The third-order valence-corrected chi connectivity index (χ3v) is 1.62. The van der Waals surface area contributed by atoms with E-state index in [1.54, 1.807) is 6.26 Å². The summed E-state index contributed by atoms with van der Waals surface area (Å²) in [5, 5.41) is 0.378. The van der Waals surface area contributed by atoms with Gasteiger partial charge in [0, 0.05) is 6.20 Å². The summed E-state index contributed by atoms with van der Waals surface area (Å²) in [6, 6.07) is 1.21. The van der Waals surface area contributed by atoms with Gasteiger partial charge in [-0.2, -0.15) is 0 Å². The van der Waals surface area contributed by atoms with Gasteiger partial charge in [-0.1, -0.05) is 11.8 Å². The highest BCUT2D eigenvalue weighted by Crippen LogP contribution is 2.17. The maximum Gasteiger partial charge on any atom is 0.280 e. The summed E-state index contributed by atoms with van der Waals surface area (Å²) in [6.07, 6.45) is 0.564. The van der Waals surface area contributed by atoms with Gasteiger partial charge in [0.1, 0.15) is 5.69 Å². The van der Waals surface area contributed by atoms with Crippen molar-refractivity contribution in [2.45, 2.75) is 11.6 Å². The molecular weight excluding hydrogens is 170 g/mol. The molecule has 0 atom stereocenters. The van der Waals surface area contributed by atoms with Crippen LogP contribution < -0.4 is 0 Å². The van der Waals surface area contributed by atoms with E-state index in [9.17, 15) is 8.78 Å². The zero-order valence-electron chi connectivity index (χ0n) is 5.79. The first kappa shape index (κ1) is 8.39. The molecule has 0 unspecified atom stereocenters. The predicted octanol–water partition coefficient (Wildman–Crippen LogP) is 2.14. The van der Waals surface area contributed by atoms with Crippen LogP contribution in [0, 0.1) is 0 Å². The van der Waals surface area contributed by atoms with Gasteiger partial charge in [-0.05, 0) is 12.3 Å². The maximum absolute atomic E-state index is 12.0. The lowest BCUT2D eigenvalue weighted by Crippen LogP contribution is -1.92. The topological polar surface area (TPSA) is 25.8 Å². The number of rotatable bonds is 2. The average Bonchev–Trinajstić information content (AvgIpc) is 2.05. The molecule has 0 spiro atoms. The Bertz CT molecular complexity index is 242. The SMILES string of the molecule is CSc1nccc(C(F)F)n1. The lowest BCUT2D eigenvalue weighted by Gasteiger charge is -1.98. The minimum atomic E-state index is -2.51. The summed E-state index contributed by atoms with van der Waals surface area (Å²) in [6.45, 7) is 0. The summed E-state index contributed by atoms with van der Waals surface area (Å²) < 4.78 is 24.0. The molecule has 1 aromatic heterocycles. The van der Waals surface area contributed by atoms with Crippen LogP contribution in [0.3, 0.4) is 0 Å². The molecule has 11 heavy (non-hydrogen) atoms. The van der Waals surface area contributed by atoms with Crippen molar-refractivity contribution in [1.82, 2.24) is 9.97 Å². The third-order valence-electron chi connectivity index (χ3n) is 1.06. The molecule has 0 radical (unpaired) electrons. The summed E-state index contributed by atoms with van der Waals surface area (Å²) in [5.74, 6) is 0. The van der Waals surface area contributed by atoms with Gasteiger partial charge in [0.25, 0.3) is 6.43 Å². The molecule has 0 N–H and O–H groups in total. The van der Waals surface area contributed by atoms with E-state index in [1.165, 1.54) is 24.0 Å². The van der Waals surface area contributed by atoms with Crippen LogP contribution >= 0.6 is 11.8 Å². The van der Waals surface area contributed by atoms with Crippen molar-refractivity contribution < 1.29 is 8.78 Å². The number of aromatic nitrogens is 2. The van der Waals surface area contributed by atoms with E-state index in [-0.39, 0.29) is 5.69 Å². The molecule has 0 aliphatic heterocycles. The van der Waals surface area contributed by atoms with Crippen molar-refractivity contribution in [3.8, 4) is 0 Å². The number of halogens is 2. The van der Waals surface area contributed by atoms with E-state index in [2.05, 4.69) is 9.97 Å². The van der Waals surface area contributed by atoms with E-state index < -0.39 is 6.43 Å². The first-order valence-electron chi connectivity index (χ1n) is 2.89. The number of nitrogens with zero attached hydrogens (tertiary/aromatic N) is 2. The Morgan fingerprint density at radius 2 is 2.27 bits per heavy atom. The van der Waals surface area contributed by atoms with Crippen molar-refractivity contribution >= 4 is 11.8 Å². The highest BCUT2D eigenvalue weighted by Gasteiger charge is 2.08. The Kier molecular flexibility index (Phi) is 2.76. The van der Waals surface area contributed by atoms with Crippen molar-refractivity contribution in [3.05, 3.63) is 18.0 Å². The lowest BCUT2D eigenvalue weighted by atomic mass is 10.4. The number of thioether (sulfide) groups is 1. The molecular formula is C6H6F2N2S. The molecule has 1 rings (SSSR count). The number of hydrogen-bond donors (Lipinski definition) is 0. The molecule has 0 amide bonds. The van der Waals surface area contributed by atoms with E-state index >= 15 is 0 Å². The molecule has 2 nitrogen and oxygen atoms in total. The molecule has 0 fully saturated rings. The van der Waals surface area contributed by atoms with Gasteiger partial charge in [0.15, 0.2) is 5.16 Å². The molecule has 60 valence electrons. The van der Waals surface area contributed by atoms with E-state index in [1.807, 2.05) is 0 Å². The fourth-order valence-electron chi connectivity index (χ4n) is 0.574. The van der Waals surface area contributed by atoms with Gasteiger partial charge in [-0.15, -0.1) is 0 Å². The first-order chi connectivity index (χ1) is 5.24. The Morgan fingerprint density at radius 3 is 2.82 bits per heavy atom. The molecule has 1 heterocycles. The minimum Gasteiger partial charge on any atom is -0.231 e. The standard InChI is InChI=1S/C6H6F2N2S/c1-11-6-9-3-2-4(10-6)5(7)8/h2-3,5H,1H3. The molecule has 1 aromatic rings. The monoisotopic (exact) mass is 176 g/mol. The zero-order valence-corrected chi connectivity index (χ0v) is 6.61. The summed E-state index contributed by atoms with van der Waals surface area (Å²) in [5.41, 5.74) is -0.218. The maximum atomic E-state index is 12.0. The van der Waals surface area contributed by atoms with Gasteiger partial charge in [-0.25, -0.2) is 18.7 Å². The Hall–Kier alpha value is -0.710. The average molecular weight is 176 g/mol. The van der Waals surface area contributed by atoms with E-state index in [0.29, 0.717) is 5.16 Å². The van der Waals surface area contributed by atoms with Gasteiger partial charge < -0.3 is 0 Å². The fourth-order valence-corrected chi connectivity index (χ4v) is 0.937. The van der Waals surface area contributed by atoms with Crippen molar-refractivity contribution in [1.29, 1.82) is 0 Å². The summed E-state index contributed by atoms with van der Waals surface area (Å²) >= 11 is 1.24. The normalized spacial score (nSPS) is 10.5. The fraction of sp³-hybridized carbons (Fsp3) is 0.333. The molecule has 0 aliphatic rings. The number of hydrogen-bond acceptors (Lipinski definition) is 3. The molecule has 0 saturated heterocycles. The highest BCUT2D eigenvalue weighted by atomic mass is 32.2. The largest absolute Gasteiger partial charge is 0.280 e. The molecule has 0 aromatic carbocycles. The van der Waals surface area contributed by atoms with Crippen LogP contribution in [-0.2, 0) is 0 Å².